The first-order valence-electron chi connectivity index (χ1n) is 5.88. The first-order chi connectivity index (χ1) is 6.66. The quantitative estimate of drug-likeness (QED) is 0.330. The average Bonchev–Trinajstić information content (AvgIpc) is 2.10. The van der Waals surface area contributed by atoms with Crippen LogP contribution in [0.2, 0.25) is 0 Å². The Morgan fingerprint density at radius 2 is 1.57 bits per heavy atom. The van der Waals surface area contributed by atoms with E-state index >= 15 is 0 Å². The van der Waals surface area contributed by atoms with Gasteiger partial charge in [-0.25, -0.2) is 0 Å². The van der Waals surface area contributed by atoms with Crippen molar-refractivity contribution in [3.8, 4) is 0 Å². The lowest BCUT2D eigenvalue weighted by atomic mass is 10.1. The molecule has 0 aromatic heterocycles. The Morgan fingerprint density at radius 3 is 2.14 bits per heavy atom. The van der Waals surface area contributed by atoms with Gasteiger partial charge in [-0.2, -0.15) is 5.10 Å². The van der Waals surface area contributed by atoms with Crippen LogP contribution in [0.15, 0.2) is 5.10 Å². The Bertz CT molecular complexity index is 150. The lowest BCUT2D eigenvalue weighted by molar-refractivity contribution is 0.435. The van der Waals surface area contributed by atoms with E-state index in [0.29, 0.717) is 0 Å². The van der Waals surface area contributed by atoms with Gasteiger partial charge in [0.25, 0.3) is 0 Å². The van der Waals surface area contributed by atoms with Gasteiger partial charge in [0, 0.05) is 19.8 Å². The minimum atomic E-state index is 1.16. The summed E-state index contributed by atoms with van der Waals surface area (Å²) in [5, 5.41) is 6.24. The standard InChI is InChI=1S/C12H26N2/c1-5-6-7-8-9-10-11-12(2)13-14(3)4/h5-11H2,1-4H3/b13-12-. The summed E-state index contributed by atoms with van der Waals surface area (Å²) in [6.07, 6.45) is 9.34. The number of rotatable bonds is 8. The largest absolute Gasteiger partial charge is 0.303 e. The normalized spacial score (nSPS) is 11.9. The van der Waals surface area contributed by atoms with E-state index in [2.05, 4.69) is 18.9 Å². The summed E-state index contributed by atoms with van der Waals surface area (Å²) in [6, 6.07) is 0. The van der Waals surface area contributed by atoms with Gasteiger partial charge in [-0.15, -0.1) is 0 Å². The van der Waals surface area contributed by atoms with Crippen LogP contribution in [0.1, 0.15) is 58.8 Å². The van der Waals surface area contributed by atoms with Gasteiger partial charge in [0.1, 0.15) is 0 Å². The van der Waals surface area contributed by atoms with Crippen molar-refractivity contribution in [2.45, 2.75) is 58.8 Å². The Balaban J connectivity index is 3.27. The van der Waals surface area contributed by atoms with E-state index < -0.39 is 0 Å². The Kier molecular flexibility index (Phi) is 8.70. The molecular formula is C12H26N2. The Morgan fingerprint density at radius 1 is 1.00 bits per heavy atom. The van der Waals surface area contributed by atoms with E-state index in [4.69, 9.17) is 0 Å². The molecule has 2 heteroatoms. The molecule has 0 amide bonds. The van der Waals surface area contributed by atoms with Crippen LogP contribution in [0.5, 0.6) is 0 Å². The number of unbranched alkanes of at least 4 members (excludes halogenated alkanes) is 5. The molecule has 0 saturated heterocycles. The Labute approximate surface area is 89.4 Å². The molecule has 2 nitrogen and oxygen atoms in total. The van der Waals surface area contributed by atoms with E-state index in [0.717, 1.165) is 6.42 Å². The molecule has 0 aromatic rings. The molecule has 0 radical (unpaired) electrons. The SMILES string of the molecule is CCCCCCCC/C(C)=N\N(C)C. The number of hydrogen-bond donors (Lipinski definition) is 0. The minimum Gasteiger partial charge on any atom is -0.303 e. The molecule has 0 fully saturated rings. The zero-order valence-electron chi connectivity index (χ0n) is 10.3. The molecule has 0 saturated carbocycles. The summed E-state index contributed by atoms with van der Waals surface area (Å²) in [7, 11) is 3.95. The summed E-state index contributed by atoms with van der Waals surface area (Å²) >= 11 is 0. The summed E-state index contributed by atoms with van der Waals surface area (Å²) in [6.45, 7) is 4.37. The van der Waals surface area contributed by atoms with E-state index in [1.54, 1.807) is 0 Å². The third-order valence-corrected chi connectivity index (χ3v) is 2.26. The number of hydrogen-bond acceptors (Lipinski definition) is 2. The predicted octanol–water partition coefficient (Wildman–Crippen LogP) is 3.67. The van der Waals surface area contributed by atoms with Crippen molar-refractivity contribution >= 4 is 5.71 Å². The van der Waals surface area contributed by atoms with Crippen molar-refractivity contribution < 1.29 is 0 Å². The molecule has 0 aliphatic carbocycles. The number of hydrazone groups is 1. The van der Waals surface area contributed by atoms with E-state index in [1.165, 1.54) is 44.2 Å². The van der Waals surface area contributed by atoms with Gasteiger partial charge in [-0.05, 0) is 19.8 Å². The van der Waals surface area contributed by atoms with Crippen molar-refractivity contribution in [3.05, 3.63) is 0 Å². The summed E-state index contributed by atoms with van der Waals surface area (Å²) < 4.78 is 0. The zero-order chi connectivity index (χ0) is 10.8. The molecule has 14 heavy (non-hydrogen) atoms. The van der Waals surface area contributed by atoms with E-state index in [-0.39, 0.29) is 0 Å². The van der Waals surface area contributed by atoms with Crippen molar-refractivity contribution in [1.82, 2.24) is 5.01 Å². The van der Waals surface area contributed by atoms with Gasteiger partial charge >= 0.3 is 0 Å². The second kappa shape index (κ2) is 9.04. The van der Waals surface area contributed by atoms with Gasteiger partial charge < -0.3 is 5.01 Å². The van der Waals surface area contributed by atoms with Gasteiger partial charge in [0.05, 0.1) is 0 Å². The van der Waals surface area contributed by atoms with Crippen LogP contribution in [0, 0.1) is 0 Å². The van der Waals surface area contributed by atoms with Gasteiger partial charge in [0.2, 0.25) is 0 Å². The number of nitrogens with zero attached hydrogens (tertiary/aromatic N) is 2. The summed E-state index contributed by atoms with van der Waals surface area (Å²) in [5.41, 5.74) is 1.26. The molecular weight excluding hydrogens is 172 g/mol. The average molecular weight is 198 g/mol. The smallest absolute Gasteiger partial charge is 0.0349 e. The molecule has 84 valence electrons. The molecule has 0 rings (SSSR count). The highest BCUT2D eigenvalue weighted by molar-refractivity contribution is 5.81. The second-order valence-electron chi connectivity index (χ2n) is 4.20. The minimum absolute atomic E-state index is 1.16. The molecule has 0 aliphatic heterocycles. The van der Waals surface area contributed by atoms with Crippen LogP contribution in [0.3, 0.4) is 0 Å². The first-order valence-corrected chi connectivity index (χ1v) is 5.88. The van der Waals surface area contributed by atoms with Crippen molar-refractivity contribution in [2.24, 2.45) is 5.10 Å². The monoisotopic (exact) mass is 198 g/mol. The van der Waals surface area contributed by atoms with Crippen molar-refractivity contribution in [3.63, 3.8) is 0 Å². The van der Waals surface area contributed by atoms with Gasteiger partial charge in [-0.1, -0.05) is 39.0 Å². The topological polar surface area (TPSA) is 15.6 Å². The van der Waals surface area contributed by atoms with Gasteiger partial charge in [-0.3, -0.25) is 0 Å². The lowest BCUT2D eigenvalue weighted by Crippen LogP contribution is -2.06. The highest BCUT2D eigenvalue weighted by atomic mass is 15.4. The molecule has 0 N–H and O–H groups in total. The second-order valence-corrected chi connectivity index (χ2v) is 4.20. The molecule has 0 spiro atoms. The zero-order valence-corrected chi connectivity index (χ0v) is 10.3. The van der Waals surface area contributed by atoms with Crippen molar-refractivity contribution in [1.29, 1.82) is 0 Å². The van der Waals surface area contributed by atoms with E-state index in [1.807, 2.05) is 19.1 Å². The fourth-order valence-electron chi connectivity index (χ4n) is 1.55. The fraction of sp³-hybridized carbons (Fsp3) is 0.917. The molecule has 0 aromatic carbocycles. The van der Waals surface area contributed by atoms with Gasteiger partial charge in [0.15, 0.2) is 0 Å². The highest BCUT2D eigenvalue weighted by Gasteiger charge is 1.94. The van der Waals surface area contributed by atoms with Crippen LogP contribution < -0.4 is 0 Å². The molecule has 0 atom stereocenters. The highest BCUT2D eigenvalue weighted by Crippen LogP contribution is 2.07. The van der Waals surface area contributed by atoms with Crippen molar-refractivity contribution in [2.75, 3.05) is 14.1 Å². The van der Waals surface area contributed by atoms with Crippen LogP contribution >= 0.6 is 0 Å². The Hall–Kier alpha value is -0.530. The summed E-state index contributed by atoms with van der Waals surface area (Å²) in [5.74, 6) is 0. The summed E-state index contributed by atoms with van der Waals surface area (Å²) in [4.78, 5) is 0. The molecule has 0 unspecified atom stereocenters. The van der Waals surface area contributed by atoms with Crippen LogP contribution in [-0.2, 0) is 0 Å². The van der Waals surface area contributed by atoms with E-state index in [9.17, 15) is 0 Å². The molecule has 0 aliphatic rings. The fourth-order valence-corrected chi connectivity index (χ4v) is 1.55. The maximum absolute atomic E-state index is 4.36. The lowest BCUT2D eigenvalue weighted by Gasteiger charge is -2.06. The molecule has 0 heterocycles. The maximum Gasteiger partial charge on any atom is 0.0349 e. The predicted molar refractivity (Wildman–Crippen MR) is 64.8 cm³/mol. The first kappa shape index (κ1) is 13.5. The third-order valence-electron chi connectivity index (χ3n) is 2.26. The van der Waals surface area contributed by atoms with Crippen LogP contribution in [0.25, 0.3) is 0 Å². The van der Waals surface area contributed by atoms with Crippen LogP contribution in [-0.4, -0.2) is 24.8 Å². The van der Waals surface area contributed by atoms with Crippen LogP contribution in [0.4, 0.5) is 0 Å². The maximum atomic E-state index is 4.36. The third kappa shape index (κ3) is 9.56. The molecule has 0 bridgehead atoms.